The van der Waals surface area contributed by atoms with E-state index in [9.17, 15) is 14.4 Å². The second-order valence-electron chi connectivity index (χ2n) is 6.52. The third kappa shape index (κ3) is 4.40. The lowest BCUT2D eigenvalue weighted by molar-refractivity contribution is 0.0386. The maximum Gasteiger partial charge on any atom is 0.414 e. The number of hydrogen-bond acceptors (Lipinski definition) is 6. The van der Waals surface area contributed by atoms with Crippen molar-refractivity contribution in [2.45, 2.75) is 13.8 Å². The van der Waals surface area contributed by atoms with Crippen LogP contribution in [0.2, 0.25) is 0 Å². The van der Waals surface area contributed by atoms with Gasteiger partial charge in [-0.05, 0) is 37.6 Å². The summed E-state index contributed by atoms with van der Waals surface area (Å²) in [5.41, 5.74) is 2.80. The minimum atomic E-state index is -0.512. The summed E-state index contributed by atoms with van der Waals surface area (Å²) in [4.78, 5) is 41.2. The van der Waals surface area contributed by atoms with Crippen molar-refractivity contribution in [3.8, 4) is 0 Å². The van der Waals surface area contributed by atoms with Gasteiger partial charge in [0.25, 0.3) is 5.91 Å². The molecule has 2 N–H and O–H groups in total. The van der Waals surface area contributed by atoms with Crippen molar-refractivity contribution in [1.29, 1.82) is 0 Å². The Morgan fingerprint density at radius 2 is 2.07 bits per heavy atom. The first-order valence-corrected chi connectivity index (χ1v) is 9.13. The van der Waals surface area contributed by atoms with Crippen molar-refractivity contribution in [2.75, 3.05) is 43.7 Å². The van der Waals surface area contributed by atoms with Gasteiger partial charge in [-0.25, -0.2) is 9.59 Å². The molecule has 1 aromatic heterocycles. The number of benzene rings is 1. The summed E-state index contributed by atoms with van der Waals surface area (Å²) in [6.45, 7) is 4.60. The van der Waals surface area contributed by atoms with Gasteiger partial charge in [0.15, 0.2) is 0 Å². The number of amides is 2. The van der Waals surface area contributed by atoms with Gasteiger partial charge >= 0.3 is 12.1 Å². The summed E-state index contributed by atoms with van der Waals surface area (Å²) in [6.07, 6.45) is -0.416. The van der Waals surface area contributed by atoms with Crippen LogP contribution in [0.1, 0.15) is 32.1 Å². The molecular weight excluding hydrogens is 378 g/mol. The number of aromatic amines is 1. The Labute approximate surface area is 167 Å². The smallest absolute Gasteiger partial charge is 0.414 e. The molecule has 0 spiro atoms. The number of rotatable bonds is 7. The molecule has 0 bridgehead atoms. The molecule has 1 saturated heterocycles. The number of cyclic esters (lactones) is 1. The molecule has 2 heterocycles. The molecule has 2 amide bonds. The van der Waals surface area contributed by atoms with Crippen LogP contribution in [0.15, 0.2) is 24.3 Å². The third-order valence-electron chi connectivity index (χ3n) is 4.57. The summed E-state index contributed by atoms with van der Waals surface area (Å²) >= 11 is 0. The van der Waals surface area contributed by atoms with E-state index in [-0.39, 0.29) is 12.3 Å². The Hall–Kier alpha value is -3.33. The summed E-state index contributed by atoms with van der Waals surface area (Å²) in [7, 11) is 1.52. The van der Waals surface area contributed by atoms with Crippen molar-refractivity contribution in [1.82, 2.24) is 4.98 Å². The van der Waals surface area contributed by atoms with Crippen LogP contribution in [-0.4, -0.2) is 56.4 Å². The molecular formula is C20H23N3O6. The Balaban J connectivity index is 1.75. The van der Waals surface area contributed by atoms with Crippen molar-refractivity contribution in [3.63, 3.8) is 0 Å². The van der Waals surface area contributed by atoms with Crippen LogP contribution in [0.4, 0.5) is 16.2 Å². The van der Waals surface area contributed by atoms with Gasteiger partial charge in [0, 0.05) is 24.2 Å². The molecule has 1 aromatic carbocycles. The molecule has 1 aliphatic heterocycles. The monoisotopic (exact) mass is 401 g/mol. The quantitative estimate of drug-likeness (QED) is 0.545. The number of carbonyl (C=O) groups excluding carboxylic acids is 3. The topological polar surface area (TPSA) is 110 Å². The second kappa shape index (κ2) is 8.78. The largest absolute Gasteiger partial charge is 0.460 e. The first kappa shape index (κ1) is 20.4. The Morgan fingerprint density at radius 1 is 1.28 bits per heavy atom. The first-order valence-electron chi connectivity index (χ1n) is 9.13. The molecule has 0 aliphatic carbocycles. The van der Waals surface area contributed by atoms with Gasteiger partial charge in [0.2, 0.25) is 0 Å². The number of methoxy groups -OCH3 is 1. The highest BCUT2D eigenvalue weighted by Gasteiger charge is 2.25. The van der Waals surface area contributed by atoms with Gasteiger partial charge in [-0.1, -0.05) is 6.07 Å². The predicted molar refractivity (Wildman–Crippen MR) is 106 cm³/mol. The highest BCUT2D eigenvalue weighted by molar-refractivity contribution is 6.07. The van der Waals surface area contributed by atoms with Gasteiger partial charge in [0.05, 0.1) is 18.7 Å². The Kier molecular flexibility index (Phi) is 6.18. The fourth-order valence-corrected chi connectivity index (χ4v) is 3.15. The van der Waals surface area contributed by atoms with E-state index in [4.69, 9.17) is 14.2 Å². The number of nitrogens with zero attached hydrogens (tertiary/aromatic N) is 1. The van der Waals surface area contributed by atoms with E-state index in [1.54, 1.807) is 38.1 Å². The Bertz CT molecular complexity index is 936. The molecule has 0 atom stereocenters. The van der Waals surface area contributed by atoms with Gasteiger partial charge in [-0.15, -0.1) is 0 Å². The third-order valence-corrected chi connectivity index (χ3v) is 4.57. The number of hydrogen-bond donors (Lipinski definition) is 2. The molecule has 9 nitrogen and oxygen atoms in total. The van der Waals surface area contributed by atoms with E-state index in [0.29, 0.717) is 48.0 Å². The number of carbonyl (C=O) groups is 3. The maximum absolute atomic E-state index is 12.8. The normalized spacial score (nSPS) is 13.3. The highest BCUT2D eigenvalue weighted by Crippen LogP contribution is 2.24. The molecule has 0 radical (unpaired) electrons. The Morgan fingerprint density at radius 3 is 2.76 bits per heavy atom. The minimum absolute atomic E-state index is 0.132. The van der Waals surface area contributed by atoms with Crippen molar-refractivity contribution < 1.29 is 28.6 Å². The van der Waals surface area contributed by atoms with E-state index < -0.39 is 18.0 Å². The highest BCUT2D eigenvalue weighted by atomic mass is 16.6. The van der Waals surface area contributed by atoms with Crippen LogP contribution >= 0.6 is 0 Å². The van der Waals surface area contributed by atoms with E-state index in [1.165, 1.54) is 12.0 Å². The standard InChI is InChI=1S/C20H23N3O6/c1-12-16(19(25)28-10-9-27-3)13(2)21-17(12)18(24)22-14-5-4-6-15(11-14)23-7-8-29-20(23)26/h4-6,11,21H,7-10H2,1-3H3,(H,22,24). The predicted octanol–water partition coefficient (Wildman–Crippen LogP) is 2.64. The van der Waals surface area contributed by atoms with Gasteiger partial charge < -0.3 is 24.5 Å². The van der Waals surface area contributed by atoms with Crippen molar-refractivity contribution >= 4 is 29.3 Å². The van der Waals surface area contributed by atoms with Crippen LogP contribution in [0, 0.1) is 13.8 Å². The van der Waals surface area contributed by atoms with E-state index >= 15 is 0 Å². The fraction of sp³-hybridized carbons (Fsp3) is 0.350. The van der Waals surface area contributed by atoms with E-state index in [0.717, 1.165) is 0 Å². The lowest BCUT2D eigenvalue weighted by atomic mass is 10.1. The number of aryl methyl sites for hydroxylation is 1. The van der Waals surface area contributed by atoms with Crippen LogP contribution in [0.3, 0.4) is 0 Å². The average molecular weight is 401 g/mol. The van der Waals surface area contributed by atoms with E-state index in [1.807, 2.05) is 0 Å². The lowest BCUT2D eigenvalue weighted by Gasteiger charge is -2.14. The number of H-pyrrole nitrogens is 1. The molecule has 0 saturated carbocycles. The van der Waals surface area contributed by atoms with Crippen molar-refractivity contribution in [2.24, 2.45) is 0 Å². The molecule has 0 unspecified atom stereocenters. The van der Waals surface area contributed by atoms with E-state index in [2.05, 4.69) is 10.3 Å². The van der Waals surface area contributed by atoms with Crippen LogP contribution < -0.4 is 10.2 Å². The molecule has 1 fully saturated rings. The fourth-order valence-electron chi connectivity index (χ4n) is 3.15. The molecule has 29 heavy (non-hydrogen) atoms. The van der Waals surface area contributed by atoms with Gasteiger partial charge in [-0.2, -0.15) is 0 Å². The summed E-state index contributed by atoms with van der Waals surface area (Å²) < 4.78 is 15.0. The second-order valence-corrected chi connectivity index (χ2v) is 6.52. The number of anilines is 2. The SMILES string of the molecule is COCCOC(=O)c1c(C)[nH]c(C(=O)Nc2cccc(N3CCOC3=O)c2)c1C. The summed E-state index contributed by atoms with van der Waals surface area (Å²) in [6, 6.07) is 6.91. The number of esters is 1. The molecule has 3 rings (SSSR count). The zero-order valence-electron chi connectivity index (χ0n) is 16.5. The van der Waals surface area contributed by atoms with Gasteiger partial charge in [-0.3, -0.25) is 9.69 Å². The zero-order chi connectivity index (χ0) is 21.0. The van der Waals surface area contributed by atoms with Crippen molar-refractivity contribution in [3.05, 3.63) is 46.8 Å². The maximum atomic E-state index is 12.8. The van der Waals surface area contributed by atoms with Gasteiger partial charge in [0.1, 0.15) is 18.9 Å². The summed E-state index contributed by atoms with van der Waals surface area (Å²) in [5.74, 6) is -0.912. The zero-order valence-corrected chi connectivity index (χ0v) is 16.5. The number of nitrogens with one attached hydrogen (secondary N) is 2. The summed E-state index contributed by atoms with van der Waals surface area (Å²) in [5, 5.41) is 2.79. The number of ether oxygens (including phenoxy) is 3. The number of aromatic nitrogens is 1. The molecule has 154 valence electrons. The molecule has 9 heteroatoms. The average Bonchev–Trinajstić information content (AvgIpc) is 3.24. The first-order chi connectivity index (χ1) is 13.9. The minimum Gasteiger partial charge on any atom is -0.460 e. The van der Waals surface area contributed by atoms with Crippen LogP contribution in [0.25, 0.3) is 0 Å². The van der Waals surface area contributed by atoms with Crippen LogP contribution in [0.5, 0.6) is 0 Å². The lowest BCUT2D eigenvalue weighted by Crippen LogP contribution is -2.23. The molecule has 1 aliphatic rings. The molecule has 2 aromatic rings. The van der Waals surface area contributed by atoms with Crippen LogP contribution in [-0.2, 0) is 14.2 Å².